The van der Waals surface area contributed by atoms with Crippen LogP contribution >= 0.6 is 11.6 Å². The molecule has 0 spiro atoms. The zero-order valence-corrected chi connectivity index (χ0v) is 16.2. The van der Waals surface area contributed by atoms with E-state index in [-0.39, 0.29) is 30.4 Å². The number of nitrogens with zero attached hydrogens (tertiary/aromatic N) is 5. The molecule has 4 aromatic rings. The van der Waals surface area contributed by atoms with Gasteiger partial charge < -0.3 is 4.42 Å². The van der Waals surface area contributed by atoms with Gasteiger partial charge in [0.05, 0.1) is 22.8 Å². The Balaban J connectivity index is 1.53. The van der Waals surface area contributed by atoms with Crippen LogP contribution in [0.5, 0.6) is 0 Å². The van der Waals surface area contributed by atoms with Crippen molar-refractivity contribution in [3.8, 4) is 11.6 Å². The third-order valence-electron chi connectivity index (χ3n) is 4.47. The van der Waals surface area contributed by atoms with E-state index in [2.05, 4.69) is 20.3 Å². The van der Waals surface area contributed by atoms with Crippen molar-refractivity contribution in [1.82, 2.24) is 25.0 Å². The van der Waals surface area contributed by atoms with Gasteiger partial charge in [0, 0.05) is 11.8 Å². The van der Waals surface area contributed by atoms with Crippen molar-refractivity contribution >= 4 is 22.5 Å². The normalized spacial score (nSPS) is 12.1. The van der Waals surface area contributed by atoms with E-state index < -0.39 is 16.9 Å². The maximum absolute atomic E-state index is 12.9. The number of hydrogen-bond donors (Lipinski definition) is 0. The average Bonchev–Trinajstić information content (AvgIpc) is 3.25. The van der Waals surface area contributed by atoms with Crippen molar-refractivity contribution in [1.29, 1.82) is 0 Å². The first-order valence-corrected chi connectivity index (χ1v) is 9.10. The van der Waals surface area contributed by atoms with Gasteiger partial charge in [0.1, 0.15) is 5.69 Å². The van der Waals surface area contributed by atoms with E-state index >= 15 is 0 Å². The summed E-state index contributed by atoms with van der Waals surface area (Å²) in [6.07, 6.45) is -4.40. The van der Waals surface area contributed by atoms with Gasteiger partial charge in [0.2, 0.25) is 5.89 Å². The Kier molecular flexibility index (Phi) is 4.77. The molecular formula is C19H15ClF3N5O. The summed E-state index contributed by atoms with van der Waals surface area (Å²) in [6, 6.07) is 9.60. The summed E-state index contributed by atoms with van der Waals surface area (Å²) >= 11 is 5.76. The molecule has 1 aromatic carbocycles. The van der Waals surface area contributed by atoms with Crippen LogP contribution in [0.2, 0.25) is 5.02 Å². The molecule has 0 N–H and O–H groups in total. The number of pyridine rings is 1. The SMILES string of the molecule is Cc1ccc2nc(-c3nnc(CCn4nc(C(F)(F)F)c(Cl)c4C)o3)ccc2c1. The predicted octanol–water partition coefficient (Wildman–Crippen LogP) is 5.01. The monoisotopic (exact) mass is 421 g/mol. The second-order valence-electron chi connectivity index (χ2n) is 6.61. The maximum atomic E-state index is 12.9. The smallest absolute Gasteiger partial charge is 0.419 e. The van der Waals surface area contributed by atoms with Gasteiger partial charge in [0.25, 0.3) is 5.89 Å². The standard InChI is InChI=1S/C19H15ClF3N5O/c1-10-3-5-13-12(9-10)4-6-14(24-13)18-26-25-15(29-18)7-8-28-11(2)16(20)17(27-28)19(21,22)23/h3-6,9H,7-8H2,1-2H3. The largest absolute Gasteiger partial charge is 0.436 e. The Morgan fingerprint density at radius 3 is 2.62 bits per heavy atom. The molecule has 6 nitrogen and oxygen atoms in total. The van der Waals surface area contributed by atoms with Crippen molar-refractivity contribution < 1.29 is 17.6 Å². The molecule has 0 fully saturated rings. The van der Waals surface area contributed by atoms with Crippen molar-refractivity contribution in [3.63, 3.8) is 0 Å². The molecule has 0 amide bonds. The van der Waals surface area contributed by atoms with E-state index in [1.807, 2.05) is 31.2 Å². The predicted molar refractivity (Wildman–Crippen MR) is 100 cm³/mol. The molecule has 3 heterocycles. The Bertz CT molecular complexity index is 1200. The van der Waals surface area contributed by atoms with Crippen LogP contribution in [-0.2, 0) is 19.1 Å². The fraction of sp³-hybridized carbons (Fsp3) is 0.263. The number of halogens is 4. The fourth-order valence-electron chi connectivity index (χ4n) is 2.95. The second kappa shape index (κ2) is 7.14. The average molecular weight is 422 g/mol. The molecule has 0 aliphatic rings. The van der Waals surface area contributed by atoms with Gasteiger partial charge >= 0.3 is 6.18 Å². The first-order valence-electron chi connectivity index (χ1n) is 8.72. The zero-order chi connectivity index (χ0) is 20.8. The first-order chi connectivity index (χ1) is 13.7. The topological polar surface area (TPSA) is 69.6 Å². The summed E-state index contributed by atoms with van der Waals surface area (Å²) in [5.41, 5.74) is 1.59. The first kappa shape index (κ1) is 19.4. The molecule has 3 aromatic heterocycles. The summed E-state index contributed by atoms with van der Waals surface area (Å²) < 4.78 is 45.6. The zero-order valence-electron chi connectivity index (χ0n) is 15.5. The lowest BCUT2D eigenvalue weighted by molar-refractivity contribution is -0.141. The highest BCUT2D eigenvalue weighted by Gasteiger charge is 2.38. The van der Waals surface area contributed by atoms with Gasteiger partial charge in [-0.2, -0.15) is 18.3 Å². The van der Waals surface area contributed by atoms with E-state index in [0.29, 0.717) is 5.69 Å². The highest BCUT2D eigenvalue weighted by molar-refractivity contribution is 6.31. The molecule has 0 aliphatic carbocycles. The molecular weight excluding hydrogens is 407 g/mol. The van der Waals surface area contributed by atoms with E-state index in [0.717, 1.165) is 16.5 Å². The van der Waals surface area contributed by atoms with Gasteiger partial charge in [-0.25, -0.2) is 4.98 Å². The molecule has 29 heavy (non-hydrogen) atoms. The molecule has 0 aliphatic heterocycles. The van der Waals surface area contributed by atoms with E-state index in [1.165, 1.54) is 11.6 Å². The highest BCUT2D eigenvalue weighted by Crippen LogP contribution is 2.35. The van der Waals surface area contributed by atoms with Crippen molar-refractivity contribution in [3.05, 3.63) is 58.2 Å². The van der Waals surface area contributed by atoms with Crippen molar-refractivity contribution in [2.24, 2.45) is 0 Å². The van der Waals surface area contributed by atoms with Crippen LogP contribution in [-0.4, -0.2) is 25.0 Å². The number of aryl methyl sites for hydroxylation is 3. The van der Waals surface area contributed by atoms with E-state index in [1.54, 1.807) is 6.07 Å². The summed E-state index contributed by atoms with van der Waals surface area (Å²) in [6.45, 7) is 3.60. The summed E-state index contributed by atoms with van der Waals surface area (Å²) in [5.74, 6) is 0.513. The van der Waals surface area contributed by atoms with Crippen LogP contribution in [0.1, 0.15) is 22.8 Å². The Morgan fingerprint density at radius 1 is 1.10 bits per heavy atom. The van der Waals surface area contributed by atoms with Crippen LogP contribution in [0.25, 0.3) is 22.5 Å². The number of benzene rings is 1. The minimum Gasteiger partial charge on any atom is -0.419 e. The van der Waals surface area contributed by atoms with Gasteiger partial charge in [-0.05, 0) is 32.0 Å². The fourth-order valence-corrected chi connectivity index (χ4v) is 3.19. The Hall–Kier alpha value is -2.94. The van der Waals surface area contributed by atoms with Crippen LogP contribution in [0.15, 0.2) is 34.7 Å². The van der Waals surface area contributed by atoms with Crippen molar-refractivity contribution in [2.45, 2.75) is 33.0 Å². The molecule has 150 valence electrons. The highest BCUT2D eigenvalue weighted by atomic mass is 35.5. The minimum atomic E-state index is -4.61. The van der Waals surface area contributed by atoms with Gasteiger partial charge in [-0.3, -0.25) is 4.68 Å². The van der Waals surface area contributed by atoms with E-state index in [9.17, 15) is 13.2 Å². The van der Waals surface area contributed by atoms with Gasteiger partial charge in [-0.1, -0.05) is 29.3 Å². The number of fused-ring (bicyclic) bond motifs is 1. The van der Waals surface area contributed by atoms with E-state index in [4.69, 9.17) is 16.0 Å². The number of hydrogen-bond acceptors (Lipinski definition) is 5. The quantitative estimate of drug-likeness (QED) is 0.463. The summed E-state index contributed by atoms with van der Waals surface area (Å²) in [7, 11) is 0. The lowest BCUT2D eigenvalue weighted by Gasteiger charge is -2.02. The van der Waals surface area contributed by atoms with Crippen molar-refractivity contribution in [2.75, 3.05) is 0 Å². The van der Waals surface area contributed by atoms with Crippen LogP contribution in [0.3, 0.4) is 0 Å². The number of aromatic nitrogens is 5. The Morgan fingerprint density at radius 2 is 1.90 bits per heavy atom. The van der Waals surface area contributed by atoms with Gasteiger partial charge in [0.15, 0.2) is 5.69 Å². The third-order valence-corrected chi connectivity index (χ3v) is 4.92. The maximum Gasteiger partial charge on any atom is 0.436 e. The van der Waals surface area contributed by atoms with Gasteiger partial charge in [-0.15, -0.1) is 10.2 Å². The number of rotatable bonds is 4. The molecule has 4 rings (SSSR count). The van der Waals surface area contributed by atoms with Crippen LogP contribution in [0.4, 0.5) is 13.2 Å². The third kappa shape index (κ3) is 3.82. The lowest BCUT2D eigenvalue weighted by atomic mass is 10.1. The van der Waals surface area contributed by atoms with Crippen LogP contribution < -0.4 is 0 Å². The van der Waals surface area contributed by atoms with Crippen LogP contribution in [0, 0.1) is 13.8 Å². The molecule has 0 radical (unpaired) electrons. The Labute approximate surface area is 168 Å². The molecule has 0 saturated heterocycles. The molecule has 0 atom stereocenters. The molecule has 0 unspecified atom stereocenters. The summed E-state index contributed by atoms with van der Waals surface area (Å²) in [4.78, 5) is 4.52. The minimum absolute atomic E-state index is 0.119. The lowest BCUT2D eigenvalue weighted by Crippen LogP contribution is -2.10. The molecule has 0 bridgehead atoms. The number of alkyl halides is 3. The molecule has 0 saturated carbocycles. The second-order valence-corrected chi connectivity index (χ2v) is 6.99. The molecule has 10 heteroatoms. The summed E-state index contributed by atoms with van der Waals surface area (Å²) in [5, 5.41) is 12.1.